The highest BCUT2D eigenvalue weighted by Gasteiger charge is 2.14. The predicted octanol–water partition coefficient (Wildman–Crippen LogP) is 0.00190. The number of pyridine rings is 1. The summed E-state index contributed by atoms with van der Waals surface area (Å²) in [6.07, 6.45) is 5.04. The number of fused-ring (bicyclic) bond motifs is 1. The molecule has 1 atom stereocenters. The van der Waals surface area contributed by atoms with Crippen LogP contribution in [0.2, 0.25) is 0 Å². The van der Waals surface area contributed by atoms with Crippen LogP contribution in [-0.2, 0) is 11.3 Å². The topological polar surface area (TPSA) is 80.4 Å². The van der Waals surface area contributed by atoms with Gasteiger partial charge in [0.05, 0.1) is 0 Å². The van der Waals surface area contributed by atoms with Gasteiger partial charge in [-0.05, 0) is 50.4 Å². The molecule has 7 heteroatoms. The summed E-state index contributed by atoms with van der Waals surface area (Å²) < 4.78 is 2.63. The van der Waals surface area contributed by atoms with Gasteiger partial charge in [-0.3, -0.25) is 9.20 Å². The monoisotopic (exact) mass is 303 g/mol. The Kier molecular flexibility index (Phi) is 4.53. The van der Waals surface area contributed by atoms with Crippen LogP contribution in [0.3, 0.4) is 0 Å². The van der Waals surface area contributed by atoms with E-state index >= 15 is 0 Å². The minimum Gasteiger partial charge on any atom is -0.354 e. The molecule has 1 amide bonds. The molecule has 3 rings (SSSR count). The van der Waals surface area contributed by atoms with Crippen LogP contribution in [0, 0.1) is 5.92 Å². The van der Waals surface area contributed by atoms with Crippen molar-refractivity contribution in [3.63, 3.8) is 0 Å². The number of nitrogens with zero attached hydrogens (tertiary/aromatic N) is 3. The first-order valence-corrected chi connectivity index (χ1v) is 7.75. The number of amides is 1. The van der Waals surface area contributed by atoms with Crippen LogP contribution in [0.25, 0.3) is 5.65 Å². The molecule has 0 aliphatic carbocycles. The van der Waals surface area contributed by atoms with E-state index in [-0.39, 0.29) is 18.1 Å². The fourth-order valence-corrected chi connectivity index (χ4v) is 2.85. The summed E-state index contributed by atoms with van der Waals surface area (Å²) in [7, 11) is 0. The third-order valence-electron chi connectivity index (χ3n) is 4.06. The Morgan fingerprint density at radius 2 is 2.36 bits per heavy atom. The number of aromatic nitrogens is 3. The summed E-state index contributed by atoms with van der Waals surface area (Å²) in [5.41, 5.74) is 0.260. The minimum absolute atomic E-state index is 0.0383. The van der Waals surface area contributed by atoms with Gasteiger partial charge in [0, 0.05) is 12.7 Å². The van der Waals surface area contributed by atoms with Crippen LogP contribution in [-0.4, -0.2) is 39.7 Å². The average Bonchev–Trinajstić information content (AvgIpc) is 2.85. The first-order valence-electron chi connectivity index (χ1n) is 7.75. The molecule has 1 saturated heterocycles. The van der Waals surface area contributed by atoms with Gasteiger partial charge in [0.25, 0.3) is 0 Å². The number of nitrogens with one attached hydrogen (secondary N) is 2. The van der Waals surface area contributed by atoms with Gasteiger partial charge in [0.1, 0.15) is 6.54 Å². The standard InChI is InChI=1S/C15H21N5O2/c21-14(17-8-6-12-4-3-7-16-10-12)11-20-15(22)19-9-2-1-5-13(19)18-20/h1-2,5,9,12,16H,3-4,6-8,10-11H2,(H,17,21). The van der Waals surface area contributed by atoms with E-state index < -0.39 is 0 Å². The summed E-state index contributed by atoms with van der Waals surface area (Å²) in [6.45, 7) is 2.73. The molecule has 22 heavy (non-hydrogen) atoms. The summed E-state index contributed by atoms with van der Waals surface area (Å²) in [4.78, 5) is 24.0. The van der Waals surface area contributed by atoms with Crippen LogP contribution in [0.15, 0.2) is 29.2 Å². The molecule has 1 aliphatic heterocycles. The number of hydrogen-bond donors (Lipinski definition) is 2. The van der Waals surface area contributed by atoms with E-state index in [4.69, 9.17) is 0 Å². The average molecular weight is 303 g/mol. The van der Waals surface area contributed by atoms with Crippen LogP contribution in [0.4, 0.5) is 0 Å². The van der Waals surface area contributed by atoms with Gasteiger partial charge in [-0.25, -0.2) is 9.48 Å². The smallest absolute Gasteiger partial charge is 0.350 e. The summed E-state index contributed by atoms with van der Waals surface area (Å²) >= 11 is 0. The predicted molar refractivity (Wildman–Crippen MR) is 82.7 cm³/mol. The second-order valence-electron chi connectivity index (χ2n) is 5.72. The molecule has 7 nitrogen and oxygen atoms in total. The molecule has 0 bridgehead atoms. The Balaban J connectivity index is 1.52. The summed E-state index contributed by atoms with van der Waals surface area (Å²) in [5, 5.41) is 10.4. The van der Waals surface area contributed by atoms with E-state index in [0.29, 0.717) is 18.1 Å². The number of carbonyl (C=O) groups is 1. The first-order chi connectivity index (χ1) is 10.7. The molecule has 118 valence electrons. The highest BCUT2D eigenvalue weighted by molar-refractivity contribution is 5.75. The molecule has 0 spiro atoms. The Morgan fingerprint density at radius 1 is 1.45 bits per heavy atom. The van der Waals surface area contributed by atoms with E-state index in [9.17, 15) is 9.59 Å². The second-order valence-corrected chi connectivity index (χ2v) is 5.72. The molecule has 1 fully saturated rings. The molecule has 1 unspecified atom stereocenters. The number of carbonyl (C=O) groups excluding carboxylic acids is 1. The molecule has 2 aromatic rings. The molecule has 3 heterocycles. The Bertz CT molecular complexity index is 699. The van der Waals surface area contributed by atoms with E-state index in [0.717, 1.165) is 19.5 Å². The van der Waals surface area contributed by atoms with Crippen LogP contribution >= 0.6 is 0 Å². The Morgan fingerprint density at radius 3 is 3.14 bits per heavy atom. The van der Waals surface area contributed by atoms with Crippen molar-refractivity contribution >= 4 is 11.6 Å². The van der Waals surface area contributed by atoms with Gasteiger partial charge in [-0.1, -0.05) is 6.07 Å². The minimum atomic E-state index is -0.290. The lowest BCUT2D eigenvalue weighted by atomic mass is 9.96. The third-order valence-corrected chi connectivity index (χ3v) is 4.06. The molecule has 0 radical (unpaired) electrons. The lowest BCUT2D eigenvalue weighted by Crippen LogP contribution is -2.35. The fourth-order valence-electron chi connectivity index (χ4n) is 2.85. The van der Waals surface area contributed by atoms with Crippen molar-refractivity contribution in [1.82, 2.24) is 24.8 Å². The van der Waals surface area contributed by atoms with Crippen molar-refractivity contribution in [2.45, 2.75) is 25.8 Å². The first kappa shape index (κ1) is 14.8. The largest absolute Gasteiger partial charge is 0.354 e. The highest BCUT2D eigenvalue weighted by Crippen LogP contribution is 2.12. The number of piperidine rings is 1. The van der Waals surface area contributed by atoms with Crippen molar-refractivity contribution in [2.75, 3.05) is 19.6 Å². The zero-order valence-corrected chi connectivity index (χ0v) is 12.5. The van der Waals surface area contributed by atoms with Crippen molar-refractivity contribution in [1.29, 1.82) is 0 Å². The maximum Gasteiger partial charge on any atom is 0.350 e. The molecule has 2 N–H and O–H groups in total. The molecule has 1 aliphatic rings. The van der Waals surface area contributed by atoms with Gasteiger partial charge in [-0.2, -0.15) is 0 Å². The van der Waals surface area contributed by atoms with Crippen molar-refractivity contribution in [2.24, 2.45) is 5.92 Å². The normalized spacial score (nSPS) is 18.5. The number of rotatable bonds is 5. The second kappa shape index (κ2) is 6.74. The van der Waals surface area contributed by atoms with E-state index in [1.807, 2.05) is 6.07 Å². The van der Waals surface area contributed by atoms with Gasteiger partial charge in [-0.15, -0.1) is 5.10 Å². The molecular weight excluding hydrogens is 282 g/mol. The quantitative estimate of drug-likeness (QED) is 0.815. The molecular formula is C15H21N5O2. The Hall–Kier alpha value is -2.15. The van der Waals surface area contributed by atoms with E-state index in [2.05, 4.69) is 15.7 Å². The van der Waals surface area contributed by atoms with Crippen LogP contribution in [0.5, 0.6) is 0 Å². The van der Waals surface area contributed by atoms with Gasteiger partial charge in [0.2, 0.25) is 5.91 Å². The van der Waals surface area contributed by atoms with Crippen LogP contribution in [0.1, 0.15) is 19.3 Å². The summed E-state index contributed by atoms with van der Waals surface area (Å²) in [5.74, 6) is 0.459. The Labute approximate surface area is 128 Å². The van der Waals surface area contributed by atoms with Gasteiger partial charge in [0.15, 0.2) is 5.65 Å². The maximum absolute atomic E-state index is 12.1. The molecule has 2 aromatic heterocycles. The number of hydrogen-bond acceptors (Lipinski definition) is 4. The van der Waals surface area contributed by atoms with Crippen molar-refractivity contribution in [3.8, 4) is 0 Å². The lowest BCUT2D eigenvalue weighted by Gasteiger charge is -2.22. The lowest BCUT2D eigenvalue weighted by molar-refractivity contribution is -0.121. The fraction of sp³-hybridized carbons (Fsp3) is 0.533. The van der Waals surface area contributed by atoms with Gasteiger partial charge < -0.3 is 10.6 Å². The third kappa shape index (κ3) is 3.36. The van der Waals surface area contributed by atoms with Gasteiger partial charge >= 0.3 is 5.69 Å². The zero-order valence-electron chi connectivity index (χ0n) is 12.5. The van der Waals surface area contributed by atoms with Crippen molar-refractivity contribution < 1.29 is 4.79 Å². The zero-order chi connectivity index (χ0) is 15.4. The van der Waals surface area contributed by atoms with Crippen molar-refractivity contribution in [3.05, 3.63) is 34.9 Å². The van der Waals surface area contributed by atoms with E-state index in [1.165, 1.54) is 21.9 Å². The van der Waals surface area contributed by atoms with E-state index in [1.54, 1.807) is 18.3 Å². The summed E-state index contributed by atoms with van der Waals surface area (Å²) in [6, 6.07) is 5.31. The molecule has 0 saturated carbocycles. The van der Waals surface area contributed by atoms with Crippen LogP contribution < -0.4 is 16.3 Å². The SMILES string of the molecule is O=C(Cn1nc2ccccn2c1=O)NCCC1CCCNC1. The highest BCUT2D eigenvalue weighted by atomic mass is 16.2. The molecule has 0 aromatic carbocycles. The maximum atomic E-state index is 12.1.